The van der Waals surface area contributed by atoms with Crippen LogP contribution in [-0.2, 0) is 14.3 Å². The summed E-state index contributed by atoms with van der Waals surface area (Å²) < 4.78 is 27.9. The Balaban J connectivity index is 3.49. The first-order chi connectivity index (χ1) is 6.57. The van der Waals surface area contributed by atoms with Gasteiger partial charge in [0.1, 0.15) is 0 Å². The monoisotopic (exact) mass is 210 g/mol. The summed E-state index contributed by atoms with van der Waals surface area (Å²) in [5, 5.41) is 4.12. The molecule has 2 amide bonds. The second-order valence-electron chi connectivity index (χ2n) is 2.36. The highest BCUT2D eigenvalue weighted by Gasteiger charge is 2.15. The van der Waals surface area contributed by atoms with Crippen LogP contribution < -0.4 is 10.6 Å². The van der Waals surface area contributed by atoms with Gasteiger partial charge >= 0.3 is 6.43 Å². The highest BCUT2D eigenvalue weighted by molar-refractivity contribution is 5.85. The van der Waals surface area contributed by atoms with Crippen molar-refractivity contribution in [1.82, 2.24) is 10.6 Å². The van der Waals surface area contributed by atoms with E-state index in [0.717, 1.165) is 0 Å². The molecule has 7 heteroatoms. The Labute approximate surface area is 79.8 Å². The molecule has 82 valence electrons. The molecule has 0 aromatic heterocycles. The maximum Gasteiger partial charge on any atom is 0.315 e. The van der Waals surface area contributed by atoms with E-state index in [2.05, 4.69) is 10.1 Å². The molecule has 14 heavy (non-hydrogen) atoms. The number of rotatable bonds is 6. The van der Waals surface area contributed by atoms with Crippen LogP contribution in [0.5, 0.6) is 0 Å². The van der Waals surface area contributed by atoms with E-state index in [4.69, 9.17) is 0 Å². The molecule has 0 heterocycles. The summed E-state index contributed by atoms with van der Waals surface area (Å²) in [6.07, 6.45) is -3.10. The van der Waals surface area contributed by atoms with Crippen molar-refractivity contribution in [3.05, 3.63) is 0 Å². The first-order valence-corrected chi connectivity index (χ1v) is 3.89. The zero-order valence-electron chi connectivity index (χ0n) is 7.68. The van der Waals surface area contributed by atoms with Gasteiger partial charge in [0.25, 0.3) is 5.91 Å². The highest BCUT2D eigenvalue weighted by Crippen LogP contribution is 1.89. The lowest BCUT2D eigenvalue weighted by molar-refractivity contribution is -0.133. The highest BCUT2D eigenvalue weighted by atomic mass is 19.3. The number of amides is 2. The summed E-state index contributed by atoms with van der Waals surface area (Å²) in [4.78, 5) is 21.1. The second-order valence-corrected chi connectivity index (χ2v) is 2.36. The topological polar surface area (TPSA) is 67.4 Å². The summed E-state index contributed by atoms with van der Waals surface area (Å²) in [6.45, 7) is 0.154. The third-order valence-corrected chi connectivity index (χ3v) is 1.25. The molecule has 0 radical (unpaired) electrons. The maximum atomic E-state index is 11.6. The molecule has 0 saturated heterocycles. The van der Waals surface area contributed by atoms with Crippen molar-refractivity contribution in [2.45, 2.75) is 6.43 Å². The SMILES string of the molecule is COCCNC(=O)CNC(=O)C(F)F. The number of carbonyl (C=O) groups excluding carboxylic acids is 2. The summed E-state index contributed by atoms with van der Waals surface area (Å²) in [5.41, 5.74) is 0. The number of carbonyl (C=O) groups is 2. The lowest BCUT2D eigenvalue weighted by Gasteiger charge is -2.05. The fourth-order valence-electron chi connectivity index (χ4n) is 0.600. The fourth-order valence-corrected chi connectivity index (χ4v) is 0.600. The number of ether oxygens (including phenoxy) is 1. The summed E-state index contributed by atoms with van der Waals surface area (Å²) in [6, 6.07) is 0. The third kappa shape index (κ3) is 6.30. The third-order valence-electron chi connectivity index (χ3n) is 1.25. The average Bonchev–Trinajstić information content (AvgIpc) is 2.14. The van der Waals surface area contributed by atoms with Gasteiger partial charge in [-0.05, 0) is 0 Å². The van der Waals surface area contributed by atoms with Crippen LogP contribution in [0.3, 0.4) is 0 Å². The van der Waals surface area contributed by atoms with E-state index in [1.807, 2.05) is 0 Å². The quantitative estimate of drug-likeness (QED) is 0.560. The molecule has 5 nitrogen and oxygen atoms in total. The normalized spacial score (nSPS) is 10.0. The van der Waals surface area contributed by atoms with Crippen LogP contribution in [0.4, 0.5) is 8.78 Å². The van der Waals surface area contributed by atoms with Gasteiger partial charge in [-0.15, -0.1) is 0 Å². The van der Waals surface area contributed by atoms with E-state index in [0.29, 0.717) is 6.61 Å². The Morgan fingerprint density at radius 1 is 1.36 bits per heavy atom. The zero-order valence-corrected chi connectivity index (χ0v) is 7.68. The lowest BCUT2D eigenvalue weighted by Crippen LogP contribution is -2.40. The molecule has 0 rings (SSSR count). The van der Waals surface area contributed by atoms with Gasteiger partial charge in [-0.3, -0.25) is 9.59 Å². The van der Waals surface area contributed by atoms with Crippen LogP contribution in [0.2, 0.25) is 0 Å². The van der Waals surface area contributed by atoms with Crippen LogP contribution in [0, 0.1) is 0 Å². The van der Waals surface area contributed by atoms with Gasteiger partial charge in [0.05, 0.1) is 13.2 Å². The van der Waals surface area contributed by atoms with Crippen molar-refractivity contribution in [2.75, 3.05) is 26.8 Å². The van der Waals surface area contributed by atoms with E-state index in [1.54, 1.807) is 5.32 Å². The largest absolute Gasteiger partial charge is 0.383 e. The van der Waals surface area contributed by atoms with Crippen LogP contribution in [0.15, 0.2) is 0 Å². The van der Waals surface area contributed by atoms with E-state index < -0.39 is 24.8 Å². The standard InChI is InChI=1S/C7H12F2N2O3/c1-14-3-2-10-5(12)4-11-7(13)6(8)9/h6H,2-4H2,1H3,(H,10,12)(H,11,13). The van der Waals surface area contributed by atoms with E-state index in [9.17, 15) is 18.4 Å². The predicted octanol–water partition coefficient (Wildman–Crippen LogP) is -0.870. The van der Waals surface area contributed by atoms with Gasteiger partial charge in [-0.2, -0.15) is 8.78 Å². The van der Waals surface area contributed by atoms with Crippen molar-refractivity contribution < 1.29 is 23.1 Å². The molecular formula is C7H12F2N2O3. The summed E-state index contributed by atoms with van der Waals surface area (Å²) in [7, 11) is 1.46. The van der Waals surface area contributed by atoms with Gasteiger partial charge in [0.15, 0.2) is 0 Å². The Morgan fingerprint density at radius 2 is 2.00 bits per heavy atom. The van der Waals surface area contributed by atoms with Crippen molar-refractivity contribution >= 4 is 11.8 Å². The number of halogens is 2. The van der Waals surface area contributed by atoms with E-state index in [1.165, 1.54) is 7.11 Å². The van der Waals surface area contributed by atoms with Crippen molar-refractivity contribution in [3.8, 4) is 0 Å². The average molecular weight is 210 g/mol. The molecule has 0 aromatic rings. The molecule has 2 N–H and O–H groups in total. The van der Waals surface area contributed by atoms with Crippen LogP contribution >= 0.6 is 0 Å². The number of nitrogens with one attached hydrogen (secondary N) is 2. The summed E-state index contributed by atoms with van der Waals surface area (Å²) >= 11 is 0. The number of hydrogen-bond acceptors (Lipinski definition) is 3. The number of alkyl halides is 2. The molecule has 0 aliphatic rings. The van der Waals surface area contributed by atoms with Crippen LogP contribution in [0.1, 0.15) is 0 Å². The Kier molecular flexibility index (Phi) is 6.55. The van der Waals surface area contributed by atoms with E-state index in [-0.39, 0.29) is 6.54 Å². The minimum absolute atomic E-state index is 0.278. The molecule has 0 aromatic carbocycles. The predicted molar refractivity (Wildman–Crippen MR) is 43.9 cm³/mol. The first-order valence-electron chi connectivity index (χ1n) is 3.89. The maximum absolute atomic E-state index is 11.6. The number of hydrogen-bond donors (Lipinski definition) is 2. The van der Waals surface area contributed by atoms with Gasteiger partial charge in [0, 0.05) is 13.7 Å². The van der Waals surface area contributed by atoms with Crippen molar-refractivity contribution in [1.29, 1.82) is 0 Å². The smallest absolute Gasteiger partial charge is 0.315 e. The first kappa shape index (κ1) is 12.8. The zero-order chi connectivity index (χ0) is 11.0. The number of methoxy groups -OCH3 is 1. The second kappa shape index (κ2) is 7.19. The van der Waals surface area contributed by atoms with Crippen LogP contribution in [0.25, 0.3) is 0 Å². The molecule has 0 aliphatic heterocycles. The molecular weight excluding hydrogens is 198 g/mol. The summed E-state index contributed by atoms with van der Waals surface area (Å²) in [5.74, 6) is -1.98. The van der Waals surface area contributed by atoms with Gasteiger partial charge < -0.3 is 15.4 Å². The Hall–Kier alpha value is -1.24. The van der Waals surface area contributed by atoms with Crippen molar-refractivity contribution in [3.63, 3.8) is 0 Å². The molecule has 0 spiro atoms. The molecule has 0 bridgehead atoms. The molecule has 0 saturated carbocycles. The molecule has 0 atom stereocenters. The Morgan fingerprint density at radius 3 is 2.50 bits per heavy atom. The minimum atomic E-state index is -3.10. The lowest BCUT2D eigenvalue weighted by atomic mass is 10.5. The molecule has 0 fully saturated rings. The molecule has 0 aliphatic carbocycles. The van der Waals surface area contributed by atoms with Crippen LogP contribution in [-0.4, -0.2) is 45.0 Å². The van der Waals surface area contributed by atoms with Gasteiger partial charge in [-0.1, -0.05) is 0 Å². The van der Waals surface area contributed by atoms with Crippen molar-refractivity contribution in [2.24, 2.45) is 0 Å². The molecule has 0 unspecified atom stereocenters. The van der Waals surface area contributed by atoms with Gasteiger partial charge in [0.2, 0.25) is 5.91 Å². The Bertz CT molecular complexity index is 199. The van der Waals surface area contributed by atoms with E-state index >= 15 is 0 Å². The van der Waals surface area contributed by atoms with Gasteiger partial charge in [-0.25, -0.2) is 0 Å². The fraction of sp³-hybridized carbons (Fsp3) is 0.714. The minimum Gasteiger partial charge on any atom is -0.383 e.